The number of allylic oxidation sites excluding steroid dienone is 4. The summed E-state index contributed by atoms with van der Waals surface area (Å²) < 4.78 is 11.0. The molecule has 1 saturated heterocycles. The minimum atomic E-state index is -0.713. The van der Waals surface area contributed by atoms with Crippen LogP contribution in [0.1, 0.15) is 39.3 Å². The largest absolute Gasteiger partial charge is 0.507 e. The predicted octanol–water partition coefficient (Wildman–Crippen LogP) is 2.99. The van der Waals surface area contributed by atoms with Crippen LogP contribution in [0.25, 0.3) is 16.9 Å². The van der Waals surface area contributed by atoms with E-state index >= 15 is 0 Å². The molecule has 0 atom stereocenters. The first kappa shape index (κ1) is 27.0. The number of aromatic hydroxyl groups is 2. The van der Waals surface area contributed by atoms with Gasteiger partial charge in [0.15, 0.2) is 11.5 Å². The number of anilines is 1. The molecule has 0 bridgehead atoms. The molecule has 3 aromatic rings. The highest BCUT2D eigenvalue weighted by atomic mass is 35.5. The lowest BCUT2D eigenvalue weighted by Gasteiger charge is -2.34. The second-order valence-electron chi connectivity index (χ2n) is 9.08. The minimum Gasteiger partial charge on any atom is -0.507 e. The molecule has 0 unspecified atom stereocenters. The molecule has 1 fully saturated rings. The molecule has 0 radical (unpaired) electrons. The Labute approximate surface area is 232 Å². The van der Waals surface area contributed by atoms with Crippen molar-refractivity contribution in [1.29, 1.82) is 0 Å². The van der Waals surface area contributed by atoms with E-state index in [2.05, 4.69) is 15.1 Å². The zero-order chi connectivity index (χ0) is 28.4. The Balaban J connectivity index is 1.42. The molecule has 0 spiro atoms. The molecule has 13 nitrogen and oxygen atoms in total. The topological polar surface area (TPSA) is 174 Å². The molecular formula is C26H25ClN6O7. The number of rotatable bonds is 6. The lowest BCUT2D eigenvalue weighted by atomic mass is 9.92. The zero-order valence-corrected chi connectivity index (χ0v) is 22.1. The Hall–Kier alpha value is -4.62. The third-order valence-corrected chi connectivity index (χ3v) is 7.05. The van der Waals surface area contributed by atoms with Gasteiger partial charge in [0.1, 0.15) is 11.5 Å². The number of nitrogens with zero attached hydrogens (tertiary/aromatic N) is 5. The zero-order valence-electron chi connectivity index (χ0n) is 21.3. The lowest BCUT2D eigenvalue weighted by molar-refractivity contribution is 0.0704. The molecule has 2 amide bonds. The van der Waals surface area contributed by atoms with Gasteiger partial charge < -0.3 is 29.3 Å². The summed E-state index contributed by atoms with van der Waals surface area (Å²) in [6.45, 7) is 1.53. The predicted molar refractivity (Wildman–Crippen MR) is 142 cm³/mol. The number of ether oxygens (including phenoxy) is 1. The van der Waals surface area contributed by atoms with Gasteiger partial charge in [0.2, 0.25) is 5.95 Å². The van der Waals surface area contributed by atoms with Gasteiger partial charge in [-0.15, -0.1) is 0 Å². The van der Waals surface area contributed by atoms with E-state index in [1.165, 1.54) is 23.9 Å². The minimum absolute atomic E-state index is 0.00517. The summed E-state index contributed by atoms with van der Waals surface area (Å²) in [7, 11) is 1.59. The molecule has 3 heterocycles. The number of hydroxylamine groups is 1. The molecule has 5 rings (SSSR count). The van der Waals surface area contributed by atoms with E-state index in [0.29, 0.717) is 50.5 Å². The maximum Gasteiger partial charge on any atom is 0.277 e. The normalized spacial score (nSPS) is 15.4. The monoisotopic (exact) mass is 568 g/mol. The number of methoxy groups -OCH3 is 1. The number of piperazine rings is 1. The van der Waals surface area contributed by atoms with Crippen molar-refractivity contribution < 1.29 is 34.3 Å². The molecular weight excluding hydrogens is 544 g/mol. The Morgan fingerprint density at radius 2 is 1.77 bits per heavy atom. The highest BCUT2D eigenvalue weighted by molar-refractivity contribution is 6.32. The molecule has 1 aliphatic carbocycles. The van der Waals surface area contributed by atoms with Crippen LogP contribution in [0, 0.1) is 0 Å². The van der Waals surface area contributed by atoms with E-state index < -0.39 is 5.91 Å². The number of phenols is 2. The average Bonchev–Trinajstić information content (AvgIpc) is 3.43. The Bertz CT molecular complexity index is 1510. The molecule has 1 aliphatic heterocycles. The number of nitrogens with one attached hydrogen (secondary N) is 1. The number of hydrogen-bond acceptors (Lipinski definition) is 11. The number of hydrogen-bond donors (Lipinski definition) is 4. The highest BCUT2D eigenvalue weighted by Gasteiger charge is 2.32. The summed E-state index contributed by atoms with van der Waals surface area (Å²) in [5, 5.41) is 33.3. The fourth-order valence-corrected chi connectivity index (χ4v) is 4.74. The Morgan fingerprint density at radius 1 is 1.05 bits per heavy atom. The fourth-order valence-electron chi connectivity index (χ4n) is 4.57. The molecule has 2 aromatic heterocycles. The summed E-state index contributed by atoms with van der Waals surface area (Å²) in [5.41, 5.74) is 3.11. The molecule has 208 valence electrons. The molecule has 4 N–H and O–H groups in total. The lowest BCUT2D eigenvalue weighted by Crippen LogP contribution is -2.49. The van der Waals surface area contributed by atoms with Gasteiger partial charge >= 0.3 is 0 Å². The van der Waals surface area contributed by atoms with Crippen LogP contribution in [-0.4, -0.2) is 80.5 Å². The number of halogens is 1. The number of aromatic nitrogens is 3. The van der Waals surface area contributed by atoms with Crippen LogP contribution in [0.15, 0.2) is 47.0 Å². The van der Waals surface area contributed by atoms with Crippen LogP contribution in [-0.2, 0) is 4.74 Å². The summed E-state index contributed by atoms with van der Waals surface area (Å²) in [4.78, 5) is 37.1. The second kappa shape index (κ2) is 11.2. The van der Waals surface area contributed by atoms with Crippen molar-refractivity contribution in [3.63, 3.8) is 0 Å². The average molecular weight is 569 g/mol. The molecule has 1 aromatic carbocycles. The number of benzene rings is 1. The van der Waals surface area contributed by atoms with Gasteiger partial charge in [-0.3, -0.25) is 14.8 Å². The van der Waals surface area contributed by atoms with Crippen molar-refractivity contribution in [2.24, 2.45) is 0 Å². The van der Waals surface area contributed by atoms with E-state index in [0.717, 1.165) is 17.4 Å². The first-order valence-electron chi connectivity index (χ1n) is 12.3. The van der Waals surface area contributed by atoms with Crippen molar-refractivity contribution in [3.8, 4) is 22.8 Å². The SMILES string of the molecule is COC1=CC=C(c2c(C(=O)N3CCN(c4ncc(C(=O)NO)cn4)CC3)noc2-c2cc(Cl)c(O)cc2O)CC1. The first-order valence-corrected chi connectivity index (χ1v) is 12.6. The smallest absolute Gasteiger partial charge is 0.277 e. The summed E-state index contributed by atoms with van der Waals surface area (Å²) in [6, 6.07) is 2.46. The van der Waals surface area contributed by atoms with E-state index in [9.17, 15) is 19.8 Å². The number of amides is 2. The number of carbonyl (C=O) groups excluding carboxylic acids is 2. The van der Waals surface area contributed by atoms with E-state index in [-0.39, 0.29) is 45.0 Å². The van der Waals surface area contributed by atoms with Gasteiger partial charge in [-0.05, 0) is 24.1 Å². The molecule has 40 heavy (non-hydrogen) atoms. The van der Waals surface area contributed by atoms with Gasteiger partial charge in [-0.1, -0.05) is 22.8 Å². The molecule has 0 saturated carbocycles. The fraction of sp³-hybridized carbons (Fsp3) is 0.269. The van der Waals surface area contributed by atoms with Gasteiger partial charge in [-0.2, -0.15) is 0 Å². The maximum atomic E-state index is 13.7. The van der Waals surface area contributed by atoms with Crippen LogP contribution >= 0.6 is 11.6 Å². The summed E-state index contributed by atoms with van der Waals surface area (Å²) >= 11 is 6.11. The standard InChI is InChI=1S/C26H25ClN6O7/c1-39-16-4-2-14(3-5-16)21-22(31-40-23(21)17-10-18(27)20(35)11-19(17)34)25(37)32-6-8-33(9-7-32)26-28-12-15(13-29-26)24(36)30-38/h2,4,10-13,34-35,38H,3,5-9H2,1H3,(H,30,36). The van der Waals surface area contributed by atoms with Crippen molar-refractivity contribution in [3.05, 3.63) is 64.3 Å². The maximum absolute atomic E-state index is 13.7. The van der Waals surface area contributed by atoms with E-state index in [4.69, 9.17) is 26.1 Å². The molecule has 2 aliphatic rings. The van der Waals surface area contributed by atoms with Gasteiger partial charge in [0, 0.05) is 51.1 Å². The van der Waals surface area contributed by atoms with Crippen LogP contribution < -0.4 is 10.4 Å². The van der Waals surface area contributed by atoms with Gasteiger partial charge in [-0.25, -0.2) is 15.4 Å². The van der Waals surface area contributed by atoms with Crippen LogP contribution in [0.4, 0.5) is 5.95 Å². The van der Waals surface area contributed by atoms with Crippen LogP contribution in [0.2, 0.25) is 5.02 Å². The third kappa shape index (κ3) is 5.16. The Morgan fingerprint density at radius 3 is 2.40 bits per heavy atom. The highest BCUT2D eigenvalue weighted by Crippen LogP contribution is 2.43. The summed E-state index contributed by atoms with van der Waals surface area (Å²) in [5.74, 6) is -0.312. The van der Waals surface area contributed by atoms with Gasteiger partial charge in [0.05, 0.1) is 34.6 Å². The molecule has 14 heteroatoms. The quantitative estimate of drug-likeness (QED) is 0.254. The third-order valence-electron chi connectivity index (χ3n) is 6.75. The van der Waals surface area contributed by atoms with Crippen LogP contribution in [0.3, 0.4) is 0 Å². The summed E-state index contributed by atoms with van der Waals surface area (Å²) in [6.07, 6.45) is 7.38. The van der Waals surface area contributed by atoms with Gasteiger partial charge in [0.25, 0.3) is 11.8 Å². The van der Waals surface area contributed by atoms with Crippen LogP contribution in [0.5, 0.6) is 11.5 Å². The van der Waals surface area contributed by atoms with Crippen molar-refractivity contribution in [2.75, 3.05) is 38.2 Å². The van der Waals surface area contributed by atoms with Crippen molar-refractivity contribution >= 4 is 34.9 Å². The Kier molecular flexibility index (Phi) is 7.58. The van der Waals surface area contributed by atoms with E-state index in [1.807, 2.05) is 17.1 Å². The van der Waals surface area contributed by atoms with Crippen molar-refractivity contribution in [1.82, 2.24) is 25.5 Å². The number of carbonyl (C=O) groups is 2. The second-order valence-corrected chi connectivity index (χ2v) is 9.48. The number of phenolic OH excluding ortho intramolecular Hbond substituents is 2. The van der Waals surface area contributed by atoms with Crippen molar-refractivity contribution in [2.45, 2.75) is 12.8 Å². The first-order chi connectivity index (χ1) is 19.3. The van der Waals surface area contributed by atoms with E-state index in [1.54, 1.807) is 12.0 Å².